The molecule has 0 saturated heterocycles. The molecule has 1 rings (SSSR count). The zero-order chi connectivity index (χ0) is 8.97. The van der Waals surface area contributed by atoms with Gasteiger partial charge in [0.2, 0.25) is 0 Å². The van der Waals surface area contributed by atoms with Gasteiger partial charge in [-0.3, -0.25) is 4.79 Å². The summed E-state index contributed by atoms with van der Waals surface area (Å²) in [5.41, 5.74) is 0.665. The topological polar surface area (TPSA) is 37.3 Å². The quantitative estimate of drug-likeness (QED) is 0.689. The van der Waals surface area contributed by atoms with Gasteiger partial charge in [-0.15, -0.1) is 0 Å². The van der Waals surface area contributed by atoms with Gasteiger partial charge in [0.05, 0.1) is 6.10 Å². The van der Waals surface area contributed by atoms with Gasteiger partial charge in [0.15, 0.2) is 5.78 Å². The van der Waals surface area contributed by atoms with E-state index in [1.54, 1.807) is 19.1 Å². The Morgan fingerprint density at radius 2 is 2.00 bits per heavy atom. The minimum Gasteiger partial charge on any atom is -0.393 e. The third-order valence-corrected chi connectivity index (χ3v) is 1.58. The Labute approximate surface area is 71.8 Å². The number of hydrogen-bond donors (Lipinski definition) is 1. The molecule has 12 heavy (non-hydrogen) atoms. The van der Waals surface area contributed by atoms with E-state index in [9.17, 15) is 4.79 Å². The van der Waals surface area contributed by atoms with E-state index < -0.39 is 6.10 Å². The molecule has 2 nitrogen and oxygen atoms in total. The first kappa shape index (κ1) is 8.94. The highest BCUT2D eigenvalue weighted by molar-refractivity contribution is 5.96. The Balaban J connectivity index is 2.66. The molecule has 64 valence electrons. The highest BCUT2D eigenvalue weighted by Crippen LogP contribution is 2.04. The molecule has 0 aliphatic carbocycles. The van der Waals surface area contributed by atoms with Crippen LogP contribution in [0, 0.1) is 0 Å². The predicted molar refractivity (Wildman–Crippen MR) is 47.1 cm³/mol. The van der Waals surface area contributed by atoms with Crippen molar-refractivity contribution in [2.24, 2.45) is 0 Å². The maximum absolute atomic E-state index is 11.3. The summed E-state index contributed by atoms with van der Waals surface area (Å²) in [5, 5.41) is 8.96. The van der Waals surface area contributed by atoms with Crippen molar-refractivity contribution in [3.63, 3.8) is 0 Å². The number of aliphatic hydroxyl groups is 1. The van der Waals surface area contributed by atoms with Crippen LogP contribution in [-0.4, -0.2) is 17.0 Å². The zero-order valence-electron chi connectivity index (χ0n) is 7.03. The molecule has 0 spiro atoms. The van der Waals surface area contributed by atoms with Gasteiger partial charge in [0.25, 0.3) is 0 Å². The molecule has 2 heteroatoms. The maximum atomic E-state index is 11.3. The fourth-order valence-corrected chi connectivity index (χ4v) is 1.01. The van der Waals surface area contributed by atoms with Crippen molar-refractivity contribution in [2.75, 3.05) is 0 Å². The van der Waals surface area contributed by atoms with Gasteiger partial charge in [-0.25, -0.2) is 0 Å². The van der Waals surface area contributed by atoms with Crippen LogP contribution in [-0.2, 0) is 0 Å². The van der Waals surface area contributed by atoms with Crippen LogP contribution < -0.4 is 0 Å². The van der Waals surface area contributed by atoms with Crippen LogP contribution in [0.25, 0.3) is 0 Å². The molecule has 0 radical (unpaired) electrons. The summed E-state index contributed by atoms with van der Waals surface area (Å²) in [6.07, 6.45) is -0.359. The van der Waals surface area contributed by atoms with Crippen molar-refractivity contribution in [1.82, 2.24) is 0 Å². The van der Waals surface area contributed by atoms with Gasteiger partial charge >= 0.3 is 0 Å². The zero-order valence-corrected chi connectivity index (χ0v) is 7.03. The standard InChI is InChI=1S/C10H12O2/c1-8(11)7-10(12)9-5-3-2-4-6-9/h2-6,8,11H,7H2,1H3/t8-/m1/s1. The number of carbonyl (C=O) groups excluding carboxylic acids is 1. The lowest BCUT2D eigenvalue weighted by atomic mass is 10.1. The van der Waals surface area contributed by atoms with Crippen molar-refractivity contribution in [3.8, 4) is 0 Å². The van der Waals surface area contributed by atoms with Crippen LogP contribution in [0.1, 0.15) is 23.7 Å². The normalized spacial score (nSPS) is 12.5. The van der Waals surface area contributed by atoms with Crippen molar-refractivity contribution in [1.29, 1.82) is 0 Å². The molecular formula is C10H12O2. The van der Waals surface area contributed by atoms with Crippen LogP contribution in [0.4, 0.5) is 0 Å². The molecule has 1 aromatic rings. The minimum atomic E-state index is -0.558. The van der Waals surface area contributed by atoms with Crippen LogP contribution in [0.5, 0.6) is 0 Å². The third-order valence-electron chi connectivity index (χ3n) is 1.58. The third kappa shape index (κ3) is 2.47. The summed E-state index contributed by atoms with van der Waals surface area (Å²) in [6.45, 7) is 1.61. The minimum absolute atomic E-state index is 0.00870. The molecule has 0 amide bonds. The number of carbonyl (C=O) groups is 1. The van der Waals surface area contributed by atoms with Crippen molar-refractivity contribution >= 4 is 5.78 Å². The van der Waals surface area contributed by atoms with Crippen LogP contribution in [0.15, 0.2) is 30.3 Å². The summed E-state index contributed by atoms with van der Waals surface area (Å²) in [4.78, 5) is 11.3. The fourth-order valence-electron chi connectivity index (χ4n) is 1.01. The van der Waals surface area contributed by atoms with Gasteiger partial charge in [-0.05, 0) is 6.92 Å². The van der Waals surface area contributed by atoms with E-state index in [4.69, 9.17) is 5.11 Å². The molecule has 1 aromatic carbocycles. The van der Waals surface area contributed by atoms with E-state index in [1.807, 2.05) is 18.2 Å². The molecule has 0 unspecified atom stereocenters. The Hall–Kier alpha value is -1.15. The van der Waals surface area contributed by atoms with Crippen molar-refractivity contribution in [3.05, 3.63) is 35.9 Å². The summed E-state index contributed by atoms with van der Waals surface area (Å²) in [7, 11) is 0. The maximum Gasteiger partial charge on any atom is 0.165 e. The van der Waals surface area contributed by atoms with E-state index in [2.05, 4.69) is 0 Å². The van der Waals surface area contributed by atoms with E-state index in [1.165, 1.54) is 0 Å². The number of Topliss-reactive ketones (excluding diaryl/α,β-unsaturated/α-hetero) is 1. The number of benzene rings is 1. The number of aliphatic hydroxyl groups excluding tert-OH is 1. The van der Waals surface area contributed by atoms with E-state index in [0.717, 1.165) is 0 Å². The van der Waals surface area contributed by atoms with Gasteiger partial charge in [0.1, 0.15) is 0 Å². The predicted octanol–water partition coefficient (Wildman–Crippen LogP) is 1.64. The summed E-state index contributed by atoms with van der Waals surface area (Å²) in [5.74, 6) is -0.00870. The summed E-state index contributed by atoms with van der Waals surface area (Å²) in [6, 6.07) is 9.00. The Bertz CT molecular complexity index is 252. The second kappa shape index (κ2) is 4.02. The van der Waals surface area contributed by atoms with E-state index in [0.29, 0.717) is 5.56 Å². The first-order valence-electron chi connectivity index (χ1n) is 3.96. The second-order valence-corrected chi connectivity index (χ2v) is 2.84. The molecule has 0 heterocycles. The monoisotopic (exact) mass is 164 g/mol. The summed E-state index contributed by atoms with van der Waals surface area (Å²) >= 11 is 0. The molecular weight excluding hydrogens is 152 g/mol. The van der Waals surface area contributed by atoms with Crippen molar-refractivity contribution in [2.45, 2.75) is 19.4 Å². The lowest BCUT2D eigenvalue weighted by Crippen LogP contribution is -2.09. The van der Waals surface area contributed by atoms with Crippen molar-refractivity contribution < 1.29 is 9.90 Å². The Kier molecular flexibility index (Phi) is 3.00. The van der Waals surface area contributed by atoms with Gasteiger partial charge in [-0.1, -0.05) is 30.3 Å². The molecule has 0 aliphatic heterocycles. The molecule has 1 atom stereocenters. The van der Waals surface area contributed by atoms with Gasteiger partial charge in [-0.2, -0.15) is 0 Å². The SMILES string of the molecule is C[C@@H](O)CC(=O)c1ccccc1. The largest absolute Gasteiger partial charge is 0.393 e. The molecule has 0 saturated carbocycles. The fraction of sp³-hybridized carbons (Fsp3) is 0.300. The van der Waals surface area contributed by atoms with Gasteiger partial charge in [0, 0.05) is 12.0 Å². The average molecular weight is 164 g/mol. The lowest BCUT2D eigenvalue weighted by Gasteiger charge is -2.02. The number of ketones is 1. The molecule has 1 N–H and O–H groups in total. The highest BCUT2D eigenvalue weighted by atomic mass is 16.3. The molecule has 0 aliphatic rings. The van der Waals surface area contributed by atoms with Crippen LogP contribution in [0.3, 0.4) is 0 Å². The van der Waals surface area contributed by atoms with Gasteiger partial charge < -0.3 is 5.11 Å². The number of hydrogen-bond acceptors (Lipinski definition) is 2. The Morgan fingerprint density at radius 1 is 1.42 bits per heavy atom. The number of rotatable bonds is 3. The highest BCUT2D eigenvalue weighted by Gasteiger charge is 2.07. The average Bonchev–Trinajstić information content (AvgIpc) is 2.05. The van der Waals surface area contributed by atoms with Crippen LogP contribution >= 0.6 is 0 Å². The lowest BCUT2D eigenvalue weighted by molar-refractivity contribution is 0.0901. The Morgan fingerprint density at radius 3 is 2.50 bits per heavy atom. The molecule has 0 fully saturated rings. The first-order chi connectivity index (χ1) is 5.70. The smallest absolute Gasteiger partial charge is 0.165 e. The van der Waals surface area contributed by atoms with E-state index >= 15 is 0 Å². The van der Waals surface area contributed by atoms with E-state index in [-0.39, 0.29) is 12.2 Å². The first-order valence-corrected chi connectivity index (χ1v) is 3.96. The second-order valence-electron chi connectivity index (χ2n) is 2.84. The molecule has 0 aromatic heterocycles. The summed E-state index contributed by atoms with van der Waals surface area (Å²) < 4.78 is 0. The molecule has 0 bridgehead atoms. The van der Waals surface area contributed by atoms with Crippen LogP contribution in [0.2, 0.25) is 0 Å².